The van der Waals surface area contributed by atoms with Crippen molar-refractivity contribution in [1.82, 2.24) is 15.2 Å². The van der Waals surface area contributed by atoms with Crippen LogP contribution in [0.15, 0.2) is 42.6 Å². The maximum atomic E-state index is 12.6. The summed E-state index contributed by atoms with van der Waals surface area (Å²) in [5.41, 5.74) is 0.265. The van der Waals surface area contributed by atoms with Gasteiger partial charge in [0.2, 0.25) is 11.8 Å². The number of carbonyl (C=O) groups excluding carboxylic acids is 3. The summed E-state index contributed by atoms with van der Waals surface area (Å²) in [6.45, 7) is 0.253. The summed E-state index contributed by atoms with van der Waals surface area (Å²) in [6, 6.07) is 10.5. The second-order valence-corrected chi connectivity index (χ2v) is 7.37. The Labute approximate surface area is 173 Å². The molecule has 1 aromatic heterocycles. The lowest BCUT2D eigenvalue weighted by Gasteiger charge is -2.39. The van der Waals surface area contributed by atoms with Crippen LogP contribution in [0, 0.1) is 0 Å². The highest BCUT2D eigenvalue weighted by Gasteiger charge is 2.41. The normalized spacial score (nSPS) is 20.6. The van der Waals surface area contributed by atoms with Crippen LogP contribution in [-0.2, 0) is 9.59 Å². The molecular formula is C21H23N5O4. The van der Waals surface area contributed by atoms with Gasteiger partial charge in [0.05, 0.1) is 24.9 Å². The highest BCUT2D eigenvalue weighted by atomic mass is 16.5. The van der Waals surface area contributed by atoms with Crippen LogP contribution >= 0.6 is 0 Å². The maximum absolute atomic E-state index is 12.6. The number of carbonyl (C=O) groups is 3. The van der Waals surface area contributed by atoms with E-state index in [1.165, 1.54) is 12.0 Å². The largest absolute Gasteiger partial charge is 0.495 e. The van der Waals surface area contributed by atoms with Crippen LogP contribution in [0.4, 0.5) is 11.5 Å². The number of para-hydroxylation sites is 2. The predicted octanol–water partition coefficient (Wildman–Crippen LogP) is 1.59. The van der Waals surface area contributed by atoms with Gasteiger partial charge in [-0.25, -0.2) is 4.98 Å². The first-order valence-electron chi connectivity index (χ1n) is 9.76. The van der Waals surface area contributed by atoms with Crippen LogP contribution in [0.1, 0.15) is 29.6 Å². The summed E-state index contributed by atoms with van der Waals surface area (Å²) in [4.78, 5) is 43.5. The van der Waals surface area contributed by atoms with Crippen molar-refractivity contribution in [3.05, 3.63) is 48.2 Å². The first kappa shape index (κ1) is 19.7. The van der Waals surface area contributed by atoms with Crippen LogP contribution in [0.25, 0.3) is 0 Å². The fourth-order valence-corrected chi connectivity index (χ4v) is 3.81. The van der Waals surface area contributed by atoms with E-state index in [0.717, 1.165) is 0 Å². The van der Waals surface area contributed by atoms with Crippen molar-refractivity contribution in [3.8, 4) is 5.75 Å². The number of amides is 3. The lowest BCUT2D eigenvalue weighted by atomic mass is 9.97. The van der Waals surface area contributed by atoms with Gasteiger partial charge in [0.15, 0.2) is 0 Å². The number of benzene rings is 1. The summed E-state index contributed by atoms with van der Waals surface area (Å²) in [5, 5.41) is 9.07. The van der Waals surface area contributed by atoms with Crippen molar-refractivity contribution in [2.45, 2.75) is 24.9 Å². The molecule has 0 aliphatic carbocycles. The lowest BCUT2D eigenvalue weighted by molar-refractivity contribution is -0.134. The zero-order valence-corrected chi connectivity index (χ0v) is 16.6. The second-order valence-electron chi connectivity index (χ2n) is 7.37. The minimum atomic E-state index is -0.762. The molecule has 2 aliphatic rings. The number of ether oxygens (including phenoxy) is 1. The van der Waals surface area contributed by atoms with E-state index in [0.29, 0.717) is 42.2 Å². The van der Waals surface area contributed by atoms with Gasteiger partial charge in [-0.15, -0.1) is 0 Å². The average molecular weight is 409 g/mol. The molecule has 2 aliphatic heterocycles. The molecule has 3 heterocycles. The van der Waals surface area contributed by atoms with Gasteiger partial charge in [-0.05, 0) is 30.7 Å². The van der Waals surface area contributed by atoms with Crippen molar-refractivity contribution in [2.75, 3.05) is 30.8 Å². The second kappa shape index (κ2) is 8.02. The molecule has 1 atom stereocenters. The molecule has 0 radical (unpaired) electrons. The summed E-state index contributed by atoms with van der Waals surface area (Å²) in [7, 11) is 1.53. The molecule has 3 amide bonds. The number of methoxy groups -OCH3 is 1. The van der Waals surface area contributed by atoms with Crippen molar-refractivity contribution in [2.24, 2.45) is 0 Å². The number of likely N-dealkylation sites (tertiary alicyclic amines) is 1. The molecule has 1 spiro atoms. The van der Waals surface area contributed by atoms with Crippen molar-refractivity contribution < 1.29 is 19.1 Å². The Balaban J connectivity index is 1.43. The molecule has 1 saturated heterocycles. The number of rotatable bonds is 4. The predicted molar refractivity (Wildman–Crippen MR) is 110 cm³/mol. The molecule has 0 saturated carbocycles. The van der Waals surface area contributed by atoms with Gasteiger partial charge in [-0.2, -0.15) is 0 Å². The summed E-state index contributed by atoms with van der Waals surface area (Å²) in [5.74, 6) is 0.399. The van der Waals surface area contributed by atoms with E-state index >= 15 is 0 Å². The number of hydrogen-bond donors (Lipinski definition) is 3. The highest BCUT2D eigenvalue weighted by Crippen LogP contribution is 2.30. The maximum Gasteiger partial charge on any atom is 0.256 e. The van der Waals surface area contributed by atoms with E-state index in [1.54, 1.807) is 36.5 Å². The molecule has 1 aromatic carbocycles. The molecule has 3 N–H and O–H groups in total. The standard InChI is InChI=1S/C21H23N5O4/c1-30-16-7-3-2-6-15(16)23-17(27)13-26-12-10-21(9-8-18(26)28)24-19-14(20(29)25-21)5-4-11-22-19/h2-7,11H,8-10,12-13H2,1H3,(H,22,24)(H,23,27)(H,25,29). The molecule has 156 valence electrons. The number of hydrogen-bond acceptors (Lipinski definition) is 6. The molecule has 1 fully saturated rings. The number of aromatic nitrogens is 1. The van der Waals surface area contributed by atoms with Crippen LogP contribution in [-0.4, -0.2) is 53.5 Å². The van der Waals surface area contributed by atoms with Crippen LogP contribution in [0.2, 0.25) is 0 Å². The summed E-state index contributed by atoms with van der Waals surface area (Å²) < 4.78 is 5.24. The molecule has 9 nitrogen and oxygen atoms in total. The van der Waals surface area contributed by atoms with E-state index in [2.05, 4.69) is 20.9 Å². The van der Waals surface area contributed by atoms with Gasteiger partial charge in [0.1, 0.15) is 17.2 Å². The number of anilines is 2. The zero-order chi connectivity index (χ0) is 21.1. The Morgan fingerprint density at radius 1 is 1.20 bits per heavy atom. The monoisotopic (exact) mass is 409 g/mol. The van der Waals surface area contributed by atoms with Gasteiger partial charge < -0.3 is 25.6 Å². The van der Waals surface area contributed by atoms with E-state index in [4.69, 9.17) is 4.74 Å². The third kappa shape index (κ3) is 3.91. The topological polar surface area (TPSA) is 113 Å². The van der Waals surface area contributed by atoms with Gasteiger partial charge >= 0.3 is 0 Å². The summed E-state index contributed by atoms with van der Waals surface area (Å²) in [6.07, 6.45) is 2.70. The van der Waals surface area contributed by atoms with Gasteiger partial charge in [0, 0.05) is 25.6 Å². The Bertz CT molecular complexity index is 995. The molecule has 4 rings (SSSR count). The number of nitrogens with zero attached hydrogens (tertiary/aromatic N) is 2. The smallest absolute Gasteiger partial charge is 0.256 e. The third-order valence-electron chi connectivity index (χ3n) is 5.41. The molecule has 9 heteroatoms. The van der Waals surface area contributed by atoms with Gasteiger partial charge in [-0.1, -0.05) is 12.1 Å². The number of nitrogens with one attached hydrogen (secondary N) is 3. The Morgan fingerprint density at radius 2 is 2.03 bits per heavy atom. The minimum Gasteiger partial charge on any atom is -0.495 e. The Hall–Kier alpha value is -3.62. The highest BCUT2D eigenvalue weighted by molar-refractivity contribution is 6.01. The average Bonchev–Trinajstić information content (AvgIpc) is 2.88. The number of pyridine rings is 1. The van der Waals surface area contributed by atoms with Crippen molar-refractivity contribution in [1.29, 1.82) is 0 Å². The quantitative estimate of drug-likeness (QED) is 0.707. The first-order valence-corrected chi connectivity index (χ1v) is 9.76. The minimum absolute atomic E-state index is 0.0737. The molecule has 30 heavy (non-hydrogen) atoms. The first-order chi connectivity index (χ1) is 14.5. The van der Waals surface area contributed by atoms with Crippen LogP contribution in [0.5, 0.6) is 5.75 Å². The van der Waals surface area contributed by atoms with Crippen molar-refractivity contribution >= 4 is 29.2 Å². The zero-order valence-electron chi connectivity index (χ0n) is 16.6. The molecular weight excluding hydrogens is 386 g/mol. The summed E-state index contributed by atoms with van der Waals surface area (Å²) >= 11 is 0. The molecule has 2 aromatic rings. The Kier molecular flexibility index (Phi) is 5.26. The fourth-order valence-electron chi connectivity index (χ4n) is 3.81. The van der Waals surface area contributed by atoms with Gasteiger partial charge in [-0.3, -0.25) is 14.4 Å². The SMILES string of the molecule is COc1ccccc1NC(=O)CN1CCC2(CCC1=O)NC(=O)c1cccnc1N2. The van der Waals surface area contributed by atoms with Crippen LogP contribution < -0.4 is 20.7 Å². The molecule has 1 unspecified atom stereocenters. The fraction of sp³-hybridized carbons (Fsp3) is 0.333. The lowest BCUT2D eigenvalue weighted by Crippen LogP contribution is -2.58. The van der Waals surface area contributed by atoms with Crippen molar-refractivity contribution in [3.63, 3.8) is 0 Å². The van der Waals surface area contributed by atoms with Gasteiger partial charge in [0.25, 0.3) is 5.91 Å². The van der Waals surface area contributed by atoms with E-state index in [-0.39, 0.29) is 30.7 Å². The van der Waals surface area contributed by atoms with E-state index in [9.17, 15) is 14.4 Å². The molecule has 0 bridgehead atoms. The number of fused-ring (bicyclic) bond motifs is 1. The third-order valence-corrected chi connectivity index (χ3v) is 5.41. The van der Waals surface area contributed by atoms with E-state index < -0.39 is 5.66 Å². The van der Waals surface area contributed by atoms with Crippen LogP contribution in [0.3, 0.4) is 0 Å². The Morgan fingerprint density at radius 3 is 2.87 bits per heavy atom. The van der Waals surface area contributed by atoms with E-state index in [1.807, 2.05) is 6.07 Å².